The molecule has 10 rings (SSSR count). The molecule has 0 aromatic heterocycles. The summed E-state index contributed by atoms with van der Waals surface area (Å²) in [5.41, 5.74) is -3.05. The lowest BCUT2D eigenvalue weighted by atomic mass is 9.40. The van der Waals surface area contributed by atoms with Crippen LogP contribution in [0, 0.1) is 39.4 Å². The number of esters is 1. The fourth-order valence-corrected chi connectivity index (χ4v) is 17.5. The van der Waals surface area contributed by atoms with Crippen LogP contribution in [0.1, 0.15) is 107 Å². The third-order valence-corrected chi connectivity index (χ3v) is 21.7. The van der Waals surface area contributed by atoms with Crippen LogP contribution >= 0.6 is 0 Å². The maximum absolute atomic E-state index is 14.6. The molecule has 11 N–H and O–H groups in total. The fraction of sp³-hybridized carbons (Fsp3) is 0.944. The predicted molar refractivity (Wildman–Crippen MR) is 272 cm³/mol. The first kappa shape index (κ1) is 62.3. The average molecular weight is 1180 g/mol. The van der Waals surface area contributed by atoms with Crippen LogP contribution < -0.4 is 0 Å². The van der Waals surface area contributed by atoms with E-state index in [4.69, 9.17) is 56.3 Å². The van der Waals surface area contributed by atoms with Gasteiger partial charge in [0.15, 0.2) is 25.2 Å². The van der Waals surface area contributed by atoms with Crippen molar-refractivity contribution >= 4 is 16.4 Å². The van der Waals surface area contributed by atoms with Crippen molar-refractivity contribution in [3.8, 4) is 0 Å². The lowest BCUT2D eigenvalue weighted by molar-refractivity contribution is -0.389. The minimum Gasteiger partial charge on any atom is -0.456 e. The zero-order chi connectivity index (χ0) is 59.1. The van der Waals surface area contributed by atoms with E-state index in [1.165, 1.54) is 14.0 Å². The topological polar surface area (TPSA) is 385 Å². The predicted octanol–water partition coefficient (Wildman–Crippen LogP) is -1.38. The van der Waals surface area contributed by atoms with E-state index in [9.17, 15) is 68.8 Å². The molecular formula is C54H86O26S. The number of aliphatic hydroxyl groups excluding tert-OH is 10. The highest BCUT2D eigenvalue weighted by Gasteiger charge is 2.80. The first-order chi connectivity index (χ1) is 37.8. The molecule has 6 aliphatic heterocycles. The van der Waals surface area contributed by atoms with Crippen LogP contribution in [0.2, 0.25) is 0 Å². The Morgan fingerprint density at radius 1 is 0.642 bits per heavy atom. The van der Waals surface area contributed by atoms with Crippen molar-refractivity contribution in [3.05, 3.63) is 11.6 Å². The highest BCUT2D eigenvalue weighted by Crippen LogP contribution is 2.76. The molecule has 29 atom stereocenters. The van der Waals surface area contributed by atoms with Gasteiger partial charge in [-0.2, -0.15) is 8.42 Å². The third-order valence-electron chi connectivity index (χ3n) is 21.2. The van der Waals surface area contributed by atoms with Gasteiger partial charge in [-0.1, -0.05) is 39.3 Å². The van der Waals surface area contributed by atoms with Gasteiger partial charge in [-0.15, -0.1) is 0 Å². The standard InChI is InChI=1S/C54H86O26S/c1-22-40(75-46-39(64)42(34(59)26(20-56)73-46)76-45-38(63)41(69-9)33(58)25(19-55)72-45)36(61)37(62)44(71-22)77-43-35(60)27(80-81(66,67)68)21-70-47(43)74-31-14-16-51(6)24-18-30(57)54-29(53(8,79-48(54)65)32-13-15-49(2,3)78-32)12-17-52(54,7)23(24)10-11-28(51)50(31,4)5/h18,22-23,25-47,55-64H,10-17,19-21H2,1-9H3,(H,66,67,68)/t22-,23-,25-,26-,27-,28+,29-,30?,31+,32?,33-,34-,35+,36-,37-,38-,39-,40-,41+,42+,43-,44+,45+,46+,47+,51-,52+,53-,54?/m1/s1. The van der Waals surface area contributed by atoms with Crippen molar-refractivity contribution in [2.45, 2.75) is 253 Å². The summed E-state index contributed by atoms with van der Waals surface area (Å²) in [7, 11) is -3.99. The number of allylic oxidation sites excluding steroid dienone is 1. The maximum atomic E-state index is 14.6. The Balaban J connectivity index is 0.846. The molecule has 1 spiro atoms. The van der Waals surface area contributed by atoms with E-state index in [0.29, 0.717) is 25.7 Å². The second-order valence-corrected chi connectivity index (χ2v) is 27.4. The van der Waals surface area contributed by atoms with Gasteiger partial charge >= 0.3 is 16.4 Å². The molecule has 3 saturated carbocycles. The highest BCUT2D eigenvalue weighted by atomic mass is 32.3. The Hall–Kier alpha value is -1.72. The quantitative estimate of drug-likeness (QED) is 0.0413. The van der Waals surface area contributed by atoms with Crippen LogP contribution in [-0.2, 0) is 71.5 Å². The zero-order valence-corrected chi connectivity index (χ0v) is 48.1. The van der Waals surface area contributed by atoms with Crippen LogP contribution in [-0.4, -0.2) is 243 Å². The third kappa shape index (κ3) is 10.1. The molecule has 0 amide bonds. The van der Waals surface area contributed by atoms with Gasteiger partial charge < -0.3 is 103 Å². The van der Waals surface area contributed by atoms with E-state index in [-0.39, 0.29) is 35.4 Å². The van der Waals surface area contributed by atoms with Gasteiger partial charge in [0.2, 0.25) is 0 Å². The molecule has 464 valence electrons. The zero-order valence-electron chi connectivity index (χ0n) is 47.2. The Labute approximate surface area is 471 Å². The molecule has 3 unspecified atom stereocenters. The number of carbonyl (C=O) groups excluding carboxylic acids is 1. The second kappa shape index (κ2) is 22.1. The molecule has 0 radical (unpaired) electrons. The van der Waals surface area contributed by atoms with Crippen molar-refractivity contribution in [2.75, 3.05) is 26.9 Å². The van der Waals surface area contributed by atoms with Crippen molar-refractivity contribution in [1.82, 2.24) is 0 Å². The molecule has 27 heteroatoms. The SMILES string of the molecule is CO[C@@H]1[C@@H](O)[C@H](O[C@@H]2[C@@H](O)[C@H](O[C@H]3[C@H](O)[C@@H](O)[C@H](O[C@H]4[C@H](O[C@H]5CC[C@]6(C)C7=CC(O)C89C(=O)O[C@@](C)(C%10CCC(C)(C)O%10)[C@H]8CC[C@@]9(C)[C@@H]7CC[C@H]6C5(C)C)OC[C@@H](OS(=O)(=O)O)[C@@H]4O)O[C@@H]3C)O[C@H](CO)[C@H]2O)O[C@H](CO)[C@H]1O. The summed E-state index contributed by atoms with van der Waals surface area (Å²) < 4.78 is 105. The summed E-state index contributed by atoms with van der Waals surface area (Å²) >= 11 is 0. The van der Waals surface area contributed by atoms with Gasteiger partial charge in [0.25, 0.3) is 0 Å². The number of hydrogen-bond donors (Lipinski definition) is 11. The molecule has 0 aromatic rings. The molecule has 81 heavy (non-hydrogen) atoms. The number of aliphatic hydroxyl groups is 10. The van der Waals surface area contributed by atoms with Gasteiger partial charge in [0, 0.05) is 13.0 Å². The lowest BCUT2D eigenvalue weighted by Gasteiger charge is -2.64. The molecule has 4 aliphatic carbocycles. The molecular weight excluding hydrogens is 1100 g/mol. The van der Waals surface area contributed by atoms with E-state index < -0.39 is 186 Å². The van der Waals surface area contributed by atoms with E-state index in [1.54, 1.807) is 0 Å². The van der Waals surface area contributed by atoms with Crippen molar-refractivity contribution in [3.63, 3.8) is 0 Å². The van der Waals surface area contributed by atoms with Gasteiger partial charge in [0.05, 0.1) is 49.8 Å². The van der Waals surface area contributed by atoms with Crippen LogP contribution in [0.4, 0.5) is 0 Å². The lowest BCUT2D eigenvalue weighted by Crippen LogP contribution is -2.67. The number of rotatable bonds is 14. The van der Waals surface area contributed by atoms with E-state index >= 15 is 0 Å². The molecule has 0 aromatic carbocycles. The molecule has 10 aliphatic rings. The van der Waals surface area contributed by atoms with Crippen molar-refractivity contribution < 1.29 is 125 Å². The summed E-state index contributed by atoms with van der Waals surface area (Å²) in [6.07, 6.45) is -26.6. The second-order valence-electron chi connectivity index (χ2n) is 26.4. The Morgan fingerprint density at radius 3 is 1.85 bits per heavy atom. The van der Waals surface area contributed by atoms with E-state index in [2.05, 4.69) is 27.7 Å². The van der Waals surface area contributed by atoms with Gasteiger partial charge in [-0.3, -0.25) is 9.35 Å². The summed E-state index contributed by atoms with van der Waals surface area (Å²) in [6, 6.07) is 0. The van der Waals surface area contributed by atoms with Crippen LogP contribution in [0.15, 0.2) is 11.6 Å². The Morgan fingerprint density at radius 2 is 1.25 bits per heavy atom. The molecule has 26 nitrogen and oxygen atoms in total. The molecule has 6 saturated heterocycles. The normalized spacial score (nSPS) is 53.2. The molecule has 6 heterocycles. The van der Waals surface area contributed by atoms with Gasteiger partial charge in [-0.25, -0.2) is 4.18 Å². The smallest absolute Gasteiger partial charge is 0.397 e. The highest BCUT2D eigenvalue weighted by molar-refractivity contribution is 7.80. The number of carbonyl (C=O) groups is 1. The maximum Gasteiger partial charge on any atom is 0.397 e. The van der Waals surface area contributed by atoms with E-state index in [0.717, 1.165) is 31.3 Å². The Bertz CT molecular complexity index is 2430. The summed E-state index contributed by atoms with van der Waals surface area (Å²) in [4.78, 5) is 14.6. The fourth-order valence-electron chi connectivity index (χ4n) is 17.0. The molecule has 9 fully saturated rings. The monoisotopic (exact) mass is 1180 g/mol. The van der Waals surface area contributed by atoms with Crippen LogP contribution in [0.25, 0.3) is 0 Å². The number of fused-ring (bicyclic) bond motifs is 4. The van der Waals surface area contributed by atoms with Gasteiger partial charge in [0.1, 0.15) is 96.5 Å². The number of cyclic esters (lactones) is 1. The molecule has 0 bridgehead atoms. The number of ether oxygens (including phenoxy) is 11. The Kier molecular flexibility index (Phi) is 17.0. The van der Waals surface area contributed by atoms with Crippen LogP contribution in [0.3, 0.4) is 0 Å². The van der Waals surface area contributed by atoms with Crippen LogP contribution in [0.5, 0.6) is 0 Å². The average Bonchev–Trinajstić information content (AvgIpc) is 1.63. The minimum absolute atomic E-state index is 0.0364. The van der Waals surface area contributed by atoms with Crippen molar-refractivity contribution in [1.29, 1.82) is 0 Å². The van der Waals surface area contributed by atoms with Crippen molar-refractivity contribution in [2.24, 2.45) is 39.4 Å². The number of methoxy groups -OCH3 is 1. The van der Waals surface area contributed by atoms with E-state index in [1.807, 2.05) is 26.8 Å². The minimum atomic E-state index is -5.18. The summed E-state index contributed by atoms with van der Waals surface area (Å²) in [6.45, 7) is 13.8. The van der Waals surface area contributed by atoms with Gasteiger partial charge in [-0.05, 0) is 107 Å². The first-order valence-corrected chi connectivity index (χ1v) is 29.9. The number of hydrogen-bond acceptors (Lipinski definition) is 25. The first-order valence-electron chi connectivity index (χ1n) is 28.5. The summed E-state index contributed by atoms with van der Waals surface area (Å²) in [5, 5.41) is 112. The summed E-state index contributed by atoms with van der Waals surface area (Å²) in [5.74, 6) is -0.716. The largest absolute Gasteiger partial charge is 0.456 e.